The highest BCUT2D eigenvalue weighted by atomic mass is 35.5. The average molecular weight is 427 g/mol. The summed E-state index contributed by atoms with van der Waals surface area (Å²) in [6, 6.07) is 17.3. The molecule has 1 amide bonds. The number of Topliss-reactive ketones (excluding diaryl/α,β-unsaturated/α-hetero) is 1. The Hall–Kier alpha value is -2.17. The van der Waals surface area contributed by atoms with Crippen molar-refractivity contribution in [2.24, 2.45) is 5.92 Å². The number of likely N-dealkylation sites (tertiary alicyclic amines) is 1. The summed E-state index contributed by atoms with van der Waals surface area (Å²) in [6.07, 6.45) is 3.88. The van der Waals surface area contributed by atoms with Gasteiger partial charge in [0.1, 0.15) is 0 Å². The van der Waals surface area contributed by atoms with Crippen molar-refractivity contribution in [1.82, 2.24) is 9.80 Å². The molecule has 0 bridgehead atoms. The zero-order valence-electron chi connectivity index (χ0n) is 17.7. The van der Waals surface area contributed by atoms with Crippen molar-refractivity contribution in [3.8, 4) is 0 Å². The molecule has 1 atom stereocenters. The number of rotatable bonds is 9. The van der Waals surface area contributed by atoms with Crippen molar-refractivity contribution < 1.29 is 9.59 Å². The molecule has 4 nitrogen and oxygen atoms in total. The zero-order chi connectivity index (χ0) is 21.3. The molecule has 5 heteroatoms. The van der Waals surface area contributed by atoms with E-state index in [1.54, 1.807) is 12.1 Å². The van der Waals surface area contributed by atoms with E-state index < -0.39 is 0 Å². The molecule has 1 saturated heterocycles. The normalized spacial score (nSPS) is 16.9. The Morgan fingerprint density at radius 3 is 2.53 bits per heavy atom. The molecule has 3 rings (SSSR count). The molecule has 1 aliphatic heterocycles. The van der Waals surface area contributed by atoms with Crippen molar-refractivity contribution in [1.29, 1.82) is 0 Å². The Kier molecular flexibility index (Phi) is 8.47. The van der Waals surface area contributed by atoms with E-state index in [4.69, 9.17) is 11.6 Å². The lowest BCUT2D eigenvalue weighted by Crippen LogP contribution is -2.42. The van der Waals surface area contributed by atoms with Crippen LogP contribution in [0.1, 0.15) is 41.6 Å². The molecular formula is C25H31ClN2O2. The summed E-state index contributed by atoms with van der Waals surface area (Å²) in [4.78, 5) is 29.1. The fourth-order valence-corrected chi connectivity index (χ4v) is 4.24. The monoisotopic (exact) mass is 426 g/mol. The van der Waals surface area contributed by atoms with E-state index in [0.29, 0.717) is 11.5 Å². The minimum Gasteiger partial charge on any atom is -0.345 e. The number of hydrogen-bond donors (Lipinski definition) is 0. The van der Waals surface area contributed by atoms with E-state index in [1.807, 2.05) is 42.3 Å². The molecule has 0 radical (unpaired) electrons. The van der Waals surface area contributed by atoms with E-state index in [2.05, 4.69) is 17.0 Å². The summed E-state index contributed by atoms with van der Waals surface area (Å²) in [5.41, 5.74) is 1.98. The fraction of sp³-hybridized carbons (Fsp3) is 0.440. The van der Waals surface area contributed by atoms with Gasteiger partial charge in [-0.15, -0.1) is 0 Å². The summed E-state index contributed by atoms with van der Waals surface area (Å²) >= 11 is 5.96. The summed E-state index contributed by atoms with van der Waals surface area (Å²) in [6.45, 7) is 3.93. The zero-order valence-corrected chi connectivity index (χ0v) is 18.5. The predicted molar refractivity (Wildman–Crippen MR) is 122 cm³/mol. The van der Waals surface area contributed by atoms with Crippen LogP contribution in [0.25, 0.3) is 0 Å². The van der Waals surface area contributed by atoms with E-state index in [-0.39, 0.29) is 24.5 Å². The van der Waals surface area contributed by atoms with Crippen LogP contribution in [0.15, 0.2) is 54.6 Å². The number of carbonyl (C=O) groups excluding carboxylic acids is 2. The maximum Gasteiger partial charge on any atom is 0.222 e. The third-order valence-corrected chi connectivity index (χ3v) is 6.10. The predicted octanol–water partition coefficient (Wildman–Crippen LogP) is 4.72. The Morgan fingerprint density at radius 1 is 1.07 bits per heavy atom. The first-order valence-electron chi connectivity index (χ1n) is 10.8. The number of benzene rings is 2. The van der Waals surface area contributed by atoms with Crippen LogP contribution >= 0.6 is 11.6 Å². The summed E-state index contributed by atoms with van der Waals surface area (Å²) < 4.78 is 0. The van der Waals surface area contributed by atoms with Crippen molar-refractivity contribution in [2.45, 2.75) is 32.1 Å². The molecule has 30 heavy (non-hydrogen) atoms. The highest BCUT2D eigenvalue weighted by Crippen LogP contribution is 2.19. The Morgan fingerprint density at radius 2 is 1.80 bits per heavy atom. The van der Waals surface area contributed by atoms with Crippen LogP contribution in [0.4, 0.5) is 0 Å². The summed E-state index contributed by atoms with van der Waals surface area (Å²) in [5.74, 6) is 0.573. The van der Waals surface area contributed by atoms with Gasteiger partial charge in [-0.25, -0.2) is 0 Å². The first kappa shape index (κ1) is 22.5. The van der Waals surface area contributed by atoms with Crippen molar-refractivity contribution in [3.63, 3.8) is 0 Å². The molecule has 1 aliphatic rings. The minimum atomic E-state index is 0.0309. The van der Waals surface area contributed by atoms with Crippen molar-refractivity contribution >= 4 is 23.3 Å². The number of nitrogens with zero attached hydrogens (tertiary/aromatic N) is 2. The van der Waals surface area contributed by atoms with E-state index in [0.717, 1.165) is 44.0 Å². The minimum absolute atomic E-state index is 0.0309. The van der Waals surface area contributed by atoms with Gasteiger partial charge >= 0.3 is 0 Å². The van der Waals surface area contributed by atoms with Gasteiger partial charge in [-0.2, -0.15) is 0 Å². The van der Waals surface area contributed by atoms with Gasteiger partial charge in [-0.3, -0.25) is 9.59 Å². The topological polar surface area (TPSA) is 40.6 Å². The van der Waals surface area contributed by atoms with Crippen LogP contribution in [0.3, 0.4) is 0 Å². The molecule has 160 valence electrons. The average Bonchev–Trinajstić information content (AvgIpc) is 2.77. The molecule has 0 aliphatic carbocycles. The van der Waals surface area contributed by atoms with Gasteiger partial charge in [0.25, 0.3) is 0 Å². The number of piperidine rings is 1. The van der Waals surface area contributed by atoms with Gasteiger partial charge in [-0.1, -0.05) is 54.1 Å². The SMILES string of the molecule is CN(C[C@H]1CCCN(CCc2ccc(Cl)cc2)C1)C(=O)CCC(=O)c1ccccc1. The molecule has 0 N–H and O–H groups in total. The maximum absolute atomic E-state index is 12.5. The lowest BCUT2D eigenvalue weighted by Gasteiger charge is -2.34. The summed E-state index contributed by atoms with van der Waals surface area (Å²) in [7, 11) is 1.86. The van der Waals surface area contributed by atoms with Crippen LogP contribution in [-0.4, -0.2) is 54.7 Å². The first-order valence-corrected chi connectivity index (χ1v) is 11.2. The number of amides is 1. The van der Waals surface area contributed by atoms with Gasteiger partial charge in [0.05, 0.1) is 0 Å². The molecule has 2 aromatic carbocycles. The number of halogens is 1. The molecule has 1 heterocycles. The highest BCUT2D eigenvalue weighted by Gasteiger charge is 2.23. The largest absolute Gasteiger partial charge is 0.345 e. The second-order valence-corrected chi connectivity index (χ2v) is 8.69. The molecule has 1 fully saturated rings. The van der Waals surface area contributed by atoms with Crippen molar-refractivity contribution in [2.75, 3.05) is 33.2 Å². The first-order chi connectivity index (χ1) is 14.5. The molecule has 0 unspecified atom stereocenters. The van der Waals surface area contributed by atoms with Crippen LogP contribution in [0.2, 0.25) is 5.02 Å². The lowest BCUT2D eigenvalue weighted by molar-refractivity contribution is -0.130. The summed E-state index contributed by atoms with van der Waals surface area (Å²) in [5, 5.41) is 0.773. The second kappa shape index (κ2) is 11.3. The van der Waals surface area contributed by atoms with Gasteiger partial charge in [0.15, 0.2) is 5.78 Å². The quantitative estimate of drug-likeness (QED) is 0.545. The fourth-order valence-electron chi connectivity index (χ4n) is 4.11. The number of carbonyl (C=O) groups is 2. The molecule has 0 saturated carbocycles. The standard InChI is InChI=1S/C25H31ClN2O2/c1-27(25(30)14-13-24(29)22-7-3-2-4-8-22)18-21-6-5-16-28(19-21)17-15-20-9-11-23(26)12-10-20/h2-4,7-12,21H,5-6,13-19H2,1H3/t21-/m1/s1. The Labute approximate surface area is 184 Å². The molecule has 0 spiro atoms. The van der Waals surface area contributed by atoms with Gasteiger partial charge in [0, 0.05) is 50.1 Å². The Balaban J connectivity index is 1.40. The molecule has 2 aromatic rings. The van der Waals surface area contributed by atoms with Crippen LogP contribution in [0.5, 0.6) is 0 Å². The third kappa shape index (κ3) is 6.96. The smallest absolute Gasteiger partial charge is 0.222 e. The Bertz CT molecular complexity index is 823. The van der Waals surface area contributed by atoms with Gasteiger partial charge < -0.3 is 9.80 Å². The van der Waals surface area contributed by atoms with Gasteiger partial charge in [0.2, 0.25) is 5.91 Å². The number of hydrogen-bond acceptors (Lipinski definition) is 3. The van der Waals surface area contributed by atoms with E-state index in [1.165, 1.54) is 12.0 Å². The second-order valence-electron chi connectivity index (χ2n) is 8.25. The molecular weight excluding hydrogens is 396 g/mol. The maximum atomic E-state index is 12.5. The third-order valence-electron chi connectivity index (χ3n) is 5.85. The van der Waals surface area contributed by atoms with Crippen LogP contribution in [0, 0.1) is 5.92 Å². The van der Waals surface area contributed by atoms with Crippen molar-refractivity contribution in [3.05, 3.63) is 70.7 Å². The van der Waals surface area contributed by atoms with Crippen LogP contribution < -0.4 is 0 Å². The highest BCUT2D eigenvalue weighted by molar-refractivity contribution is 6.30. The van der Waals surface area contributed by atoms with Crippen LogP contribution in [-0.2, 0) is 11.2 Å². The number of ketones is 1. The molecule has 0 aromatic heterocycles. The van der Waals surface area contributed by atoms with Gasteiger partial charge in [-0.05, 0) is 49.4 Å². The van der Waals surface area contributed by atoms with E-state index >= 15 is 0 Å². The van der Waals surface area contributed by atoms with E-state index in [9.17, 15) is 9.59 Å². The lowest BCUT2D eigenvalue weighted by atomic mass is 9.96.